The molecule has 0 saturated carbocycles. The second-order valence-corrected chi connectivity index (χ2v) is 4.23. The zero-order valence-electron chi connectivity index (χ0n) is 8.56. The number of halogens is 2. The number of nitrogens with zero attached hydrogens (tertiary/aromatic N) is 1. The number of benzene rings is 1. The Morgan fingerprint density at radius 1 is 1.25 bits per heavy atom. The maximum atomic E-state index is 6.00. The summed E-state index contributed by atoms with van der Waals surface area (Å²) in [5, 5.41) is 4.31. The monoisotopic (exact) mass is 258 g/mol. The molecule has 1 heterocycles. The van der Waals surface area contributed by atoms with Gasteiger partial charge in [0.25, 0.3) is 0 Å². The van der Waals surface area contributed by atoms with E-state index in [0.717, 1.165) is 31.2 Å². The van der Waals surface area contributed by atoms with E-state index in [1.165, 1.54) is 0 Å². The van der Waals surface area contributed by atoms with E-state index in [0.29, 0.717) is 10.0 Å². The smallest absolute Gasteiger partial charge is 0.210 e. The van der Waals surface area contributed by atoms with Gasteiger partial charge in [-0.3, -0.25) is 15.8 Å². The van der Waals surface area contributed by atoms with E-state index in [9.17, 15) is 0 Å². The first-order valence-electron chi connectivity index (χ1n) is 5.01. The number of hydrazine groups is 1. The molecule has 0 unspecified atom stereocenters. The molecule has 0 saturated heterocycles. The van der Waals surface area contributed by atoms with Gasteiger partial charge >= 0.3 is 0 Å². The van der Waals surface area contributed by atoms with Gasteiger partial charge in [0.15, 0.2) is 0 Å². The first-order valence-corrected chi connectivity index (χ1v) is 5.77. The minimum atomic E-state index is 0.566. The Hall–Kier alpha value is -1.13. The number of hydrogen-bond donors (Lipinski definition) is 3. The molecule has 0 spiro atoms. The van der Waals surface area contributed by atoms with Crippen LogP contribution in [-0.2, 0) is 0 Å². The van der Waals surface area contributed by atoms with Gasteiger partial charge in [-0.1, -0.05) is 23.2 Å². The van der Waals surface area contributed by atoms with Crippen molar-refractivity contribution in [3.8, 4) is 0 Å². The Kier molecular flexibility index (Phi) is 3.74. The third-order valence-electron chi connectivity index (χ3n) is 2.14. The lowest BCUT2D eigenvalue weighted by Crippen LogP contribution is -2.43. The van der Waals surface area contributed by atoms with Crippen LogP contribution >= 0.6 is 23.2 Å². The highest BCUT2D eigenvalue weighted by Crippen LogP contribution is 2.24. The normalized spacial score (nSPS) is 15.0. The van der Waals surface area contributed by atoms with Crippen molar-refractivity contribution in [1.29, 1.82) is 0 Å². The molecule has 4 nitrogen and oxygen atoms in total. The summed E-state index contributed by atoms with van der Waals surface area (Å²) in [5.41, 5.74) is 6.70. The number of guanidine groups is 1. The van der Waals surface area contributed by atoms with Crippen LogP contribution in [0.1, 0.15) is 6.42 Å². The number of hydrogen-bond acceptors (Lipinski definition) is 4. The van der Waals surface area contributed by atoms with Gasteiger partial charge in [0.05, 0.1) is 10.7 Å². The molecular formula is C10H12Cl2N4. The Bertz CT molecular complexity index is 406. The van der Waals surface area contributed by atoms with Gasteiger partial charge in [-0.25, -0.2) is 0 Å². The highest BCUT2D eigenvalue weighted by atomic mass is 35.5. The predicted octanol–water partition coefficient (Wildman–Crippen LogP) is 2.26. The molecule has 86 valence electrons. The molecule has 0 radical (unpaired) electrons. The van der Waals surface area contributed by atoms with Gasteiger partial charge in [0.1, 0.15) is 0 Å². The van der Waals surface area contributed by atoms with Crippen LogP contribution in [0.15, 0.2) is 23.2 Å². The van der Waals surface area contributed by atoms with Crippen molar-refractivity contribution in [3.05, 3.63) is 28.2 Å². The summed E-state index contributed by atoms with van der Waals surface area (Å²) in [4.78, 5) is 4.25. The summed E-state index contributed by atoms with van der Waals surface area (Å²) in [5.74, 6) is 0.734. The van der Waals surface area contributed by atoms with E-state index in [1.807, 2.05) is 0 Å². The molecule has 6 heteroatoms. The summed E-state index contributed by atoms with van der Waals surface area (Å²) >= 11 is 11.8. The largest absolute Gasteiger partial charge is 0.355 e. The van der Waals surface area contributed by atoms with Gasteiger partial charge in [0.2, 0.25) is 5.96 Å². The van der Waals surface area contributed by atoms with E-state index in [-0.39, 0.29) is 0 Å². The van der Waals surface area contributed by atoms with Crippen LogP contribution < -0.4 is 16.2 Å². The van der Waals surface area contributed by atoms with Crippen LogP contribution in [0.25, 0.3) is 0 Å². The maximum absolute atomic E-state index is 6.00. The first-order chi connectivity index (χ1) is 7.75. The lowest BCUT2D eigenvalue weighted by atomic mass is 10.3. The van der Waals surface area contributed by atoms with Crippen molar-refractivity contribution >= 4 is 34.8 Å². The van der Waals surface area contributed by atoms with E-state index < -0.39 is 0 Å². The molecule has 0 bridgehead atoms. The SMILES string of the molecule is Clc1ccc(NNC2=NCCCN2)c(Cl)c1. The van der Waals surface area contributed by atoms with E-state index in [2.05, 4.69) is 21.2 Å². The molecule has 0 aliphatic carbocycles. The van der Waals surface area contributed by atoms with Crippen molar-refractivity contribution in [3.63, 3.8) is 0 Å². The summed E-state index contributed by atoms with van der Waals surface area (Å²) in [6, 6.07) is 5.26. The summed E-state index contributed by atoms with van der Waals surface area (Å²) in [7, 11) is 0. The van der Waals surface area contributed by atoms with Crippen molar-refractivity contribution in [1.82, 2.24) is 10.7 Å². The topological polar surface area (TPSA) is 48.5 Å². The Labute approximate surface area is 104 Å². The van der Waals surface area contributed by atoms with E-state index in [4.69, 9.17) is 23.2 Å². The summed E-state index contributed by atoms with van der Waals surface area (Å²) in [6.07, 6.45) is 1.06. The molecule has 1 aliphatic rings. The third-order valence-corrected chi connectivity index (χ3v) is 2.69. The molecule has 3 N–H and O–H groups in total. The van der Waals surface area contributed by atoms with E-state index in [1.54, 1.807) is 18.2 Å². The zero-order chi connectivity index (χ0) is 11.4. The molecular weight excluding hydrogens is 247 g/mol. The van der Waals surface area contributed by atoms with Crippen LogP contribution in [0, 0.1) is 0 Å². The number of rotatable bonds is 2. The molecule has 0 aromatic heterocycles. The number of aliphatic imine (C=N–C) groups is 1. The molecule has 0 amide bonds. The number of anilines is 1. The summed E-state index contributed by atoms with van der Waals surface area (Å²) < 4.78 is 0. The minimum Gasteiger partial charge on any atom is -0.355 e. The lowest BCUT2D eigenvalue weighted by Gasteiger charge is -2.17. The molecule has 0 fully saturated rings. The standard InChI is InChI=1S/C10H12Cl2N4/c11-7-2-3-9(8(12)6-7)15-16-10-13-4-1-5-14-10/h2-3,6,15H,1,4-5H2,(H2,13,14,16). The average molecular weight is 259 g/mol. The second kappa shape index (κ2) is 5.27. The lowest BCUT2D eigenvalue weighted by molar-refractivity contribution is 0.718. The Balaban J connectivity index is 1.96. The van der Waals surface area contributed by atoms with Gasteiger partial charge in [-0.15, -0.1) is 0 Å². The second-order valence-electron chi connectivity index (χ2n) is 3.38. The summed E-state index contributed by atoms with van der Waals surface area (Å²) in [6.45, 7) is 1.77. The fourth-order valence-corrected chi connectivity index (χ4v) is 1.79. The van der Waals surface area contributed by atoms with Crippen LogP contribution in [0.3, 0.4) is 0 Å². The maximum Gasteiger partial charge on any atom is 0.210 e. The highest BCUT2D eigenvalue weighted by Gasteiger charge is 2.04. The fourth-order valence-electron chi connectivity index (χ4n) is 1.33. The Morgan fingerprint density at radius 3 is 2.81 bits per heavy atom. The average Bonchev–Trinajstić information content (AvgIpc) is 2.29. The first kappa shape index (κ1) is 11.4. The van der Waals surface area contributed by atoms with Crippen molar-refractivity contribution < 1.29 is 0 Å². The fraction of sp³-hybridized carbons (Fsp3) is 0.300. The van der Waals surface area contributed by atoms with Crippen LogP contribution in [0.4, 0.5) is 5.69 Å². The Morgan fingerprint density at radius 2 is 2.12 bits per heavy atom. The quantitative estimate of drug-likeness (QED) is 0.714. The van der Waals surface area contributed by atoms with Crippen molar-refractivity contribution in [2.24, 2.45) is 4.99 Å². The molecule has 1 aromatic rings. The van der Waals surface area contributed by atoms with Gasteiger partial charge < -0.3 is 5.32 Å². The third kappa shape index (κ3) is 2.93. The minimum absolute atomic E-state index is 0.566. The van der Waals surface area contributed by atoms with Gasteiger partial charge in [-0.05, 0) is 24.6 Å². The highest BCUT2D eigenvalue weighted by molar-refractivity contribution is 6.36. The number of nitrogens with one attached hydrogen (secondary N) is 3. The molecule has 16 heavy (non-hydrogen) atoms. The molecule has 0 atom stereocenters. The predicted molar refractivity (Wildman–Crippen MR) is 68.1 cm³/mol. The van der Waals surface area contributed by atoms with Crippen molar-refractivity contribution in [2.45, 2.75) is 6.42 Å². The van der Waals surface area contributed by atoms with Gasteiger partial charge in [0, 0.05) is 18.1 Å². The van der Waals surface area contributed by atoms with Crippen LogP contribution in [0.2, 0.25) is 10.0 Å². The van der Waals surface area contributed by atoms with Gasteiger partial charge in [-0.2, -0.15) is 0 Å². The van der Waals surface area contributed by atoms with E-state index >= 15 is 0 Å². The molecule has 2 rings (SSSR count). The van der Waals surface area contributed by atoms with Crippen LogP contribution in [-0.4, -0.2) is 19.0 Å². The zero-order valence-corrected chi connectivity index (χ0v) is 10.1. The van der Waals surface area contributed by atoms with Crippen molar-refractivity contribution in [2.75, 3.05) is 18.5 Å². The van der Waals surface area contributed by atoms with Crippen LogP contribution in [0.5, 0.6) is 0 Å². The molecule has 1 aromatic carbocycles. The molecule has 1 aliphatic heterocycles.